The normalized spacial score (nSPS) is 27.8. The summed E-state index contributed by atoms with van der Waals surface area (Å²) in [6, 6.07) is 5.32. The Kier molecular flexibility index (Phi) is 6.59. The molecule has 0 spiro atoms. The van der Waals surface area contributed by atoms with Crippen LogP contribution in [0, 0.1) is 17.7 Å². The quantitative estimate of drug-likeness (QED) is 0.610. The van der Waals surface area contributed by atoms with E-state index >= 15 is 0 Å². The first kappa shape index (κ1) is 22.0. The Labute approximate surface area is 164 Å². The first-order valence-electron chi connectivity index (χ1n) is 9.35. The number of aliphatic hydroxyl groups is 1. The number of ketones is 1. The predicted molar refractivity (Wildman–Crippen MR) is 98.8 cm³/mol. The van der Waals surface area contributed by atoms with E-state index in [4.69, 9.17) is 9.47 Å². The maximum atomic E-state index is 13.9. The molecule has 1 saturated carbocycles. The molecule has 4 atom stereocenters. The summed E-state index contributed by atoms with van der Waals surface area (Å²) in [6.07, 6.45) is -1.35. The van der Waals surface area contributed by atoms with Crippen LogP contribution in [0.4, 0.5) is 4.39 Å². The summed E-state index contributed by atoms with van der Waals surface area (Å²) in [4.78, 5) is 38.4. The van der Waals surface area contributed by atoms with Crippen molar-refractivity contribution in [1.29, 1.82) is 0 Å². The van der Waals surface area contributed by atoms with Crippen LogP contribution in [0.2, 0.25) is 0 Å². The molecule has 28 heavy (non-hydrogen) atoms. The summed E-state index contributed by atoms with van der Waals surface area (Å²) < 4.78 is 24.4. The van der Waals surface area contributed by atoms with Gasteiger partial charge in [0.25, 0.3) is 0 Å². The van der Waals surface area contributed by atoms with E-state index in [9.17, 15) is 23.9 Å². The molecular weight excluding hydrogens is 367 g/mol. The van der Waals surface area contributed by atoms with Crippen molar-refractivity contribution in [2.24, 2.45) is 11.8 Å². The second-order valence-corrected chi connectivity index (χ2v) is 8.01. The number of esters is 2. The zero-order valence-electron chi connectivity index (χ0n) is 16.8. The molecule has 0 saturated heterocycles. The highest BCUT2D eigenvalue weighted by Crippen LogP contribution is 2.47. The molecule has 1 aromatic carbocycles. The second-order valence-electron chi connectivity index (χ2n) is 8.01. The molecule has 154 valence electrons. The third-order valence-electron chi connectivity index (χ3n) is 4.71. The molecule has 1 fully saturated rings. The van der Waals surface area contributed by atoms with Gasteiger partial charge in [-0.25, -0.2) is 4.39 Å². The lowest BCUT2D eigenvalue weighted by Gasteiger charge is -2.44. The highest BCUT2D eigenvalue weighted by Gasteiger charge is 2.57. The van der Waals surface area contributed by atoms with E-state index in [0.29, 0.717) is 0 Å². The van der Waals surface area contributed by atoms with E-state index < -0.39 is 65.5 Å². The highest BCUT2D eigenvalue weighted by atomic mass is 19.1. The van der Waals surface area contributed by atoms with E-state index in [1.165, 1.54) is 25.1 Å². The number of halogens is 1. The van der Waals surface area contributed by atoms with Gasteiger partial charge in [0.2, 0.25) is 0 Å². The first-order chi connectivity index (χ1) is 12.9. The highest BCUT2D eigenvalue weighted by molar-refractivity contribution is 6.02. The average Bonchev–Trinajstić information content (AvgIpc) is 2.51. The standard InChI is InChI=1S/C21H27FO6/c1-11(2)27-19(24)17-15(23)10-21(5,26)18(20(25)28-12(3)4)16(17)13-7-6-8-14(22)9-13/h6-9,11-12,16-18,26H,10H2,1-5H3/t16-,17+,18-,21+/m1/s1. The van der Waals surface area contributed by atoms with E-state index in [1.807, 2.05) is 0 Å². The van der Waals surface area contributed by atoms with Crippen LogP contribution < -0.4 is 0 Å². The maximum absolute atomic E-state index is 13.9. The van der Waals surface area contributed by atoms with Crippen molar-refractivity contribution in [3.8, 4) is 0 Å². The van der Waals surface area contributed by atoms with Gasteiger partial charge >= 0.3 is 11.9 Å². The van der Waals surface area contributed by atoms with Crippen molar-refractivity contribution in [2.75, 3.05) is 0 Å². The SMILES string of the molecule is CC(C)OC(=O)[C@H]1C(=O)C[C@](C)(O)[C@@H](C(=O)OC(C)C)[C@@H]1c1cccc(F)c1. The predicted octanol–water partition coefficient (Wildman–Crippen LogP) is 2.77. The van der Waals surface area contributed by atoms with Crippen molar-refractivity contribution < 1.29 is 33.4 Å². The van der Waals surface area contributed by atoms with Crippen LogP contribution >= 0.6 is 0 Å². The second kappa shape index (κ2) is 8.39. The minimum Gasteiger partial charge on any atom is -0.463 e. The minimum absolute atomic E-state index is 0.254. The van der Waals surface area contributed by atoms with Gasteiger partial charge in [-0.15, -0.1) is 0 Å². The van der Waals surface area contributed by atoms with Gasteiger partial charge in [-0.05, 0) is 52.3 Å². The van der Waals surface area contributed by atoms with Gasteiger partial charge in [0.15, 0.2) is 5.78 Å². The molecule has 0 amide bonds. The summed E-state index contributed by atoms with van der Waals surface area (Å²) in [5, 5.41) is 10.9. The molecule has 0 aliphatic heterocycles. The summed E-state index contributed by atoms with van der Waals surface area (Å²) in [6.45, 7) is 7.95. The number of hydrogen-bond donors (Lipinski definition) is 1. The van der Waals surface area contributed by atoms with Crippen molar-refractivity contribution in [1.82, 2.24) is 0 Å². The van der Waals surface area contributed by atoms with Crippen LogP contribution in [0.5, 0.6) is 0 Å². The number of hydrogen-bond acceptors (Lipinski definition) is 6. The molecule has 0 aromatic heterocycles. The Morgan fingerprint density at radius 1 is 1.14 bits per heavy atom. The van der Waals surface area contributed by atoms with Gasteiger partial charge in [0.05, 0.1) is 23.7 Å². The molecule has 1 aromatic rings. The Balaban J connectivity index is 2.61. The van der Waals surface area contributed by atoms with Gasteiger partial charge in [-0.3, -0.25) is 14.4 Å². The fourth-order valence-electron chi connectivity index (χ4n) is 3.74. The Morgan fingerprint density at radius 3 is 2.25 bits per heavy atom. The fourth-order valence-corrected chi connectivity index (χ4v) is 3.74. The van der Waals surface area contributed by atoms with Crippen LogP contribution in [0.3, 0.4) is 0 Å². The van der Waals surface area contributed by atoms with Crippen molar-refractivity contribution in [3.05, 3.63) is 35.6 Å². The monoisotopic (exact) mass is 394 g/mol. The molecule has 0 radical (unpaired) electrons. The number of rotatable bonds is 5. The van der Waals surface area contributed by atoms with E-state index in [-0.39, 0.29) is 5.56 Å². The Bertz CT molecular complexity index is 747. The third-order valence-corrected chi connectivity index (χ3v) is 4.71. The number of benzene rings is 1. The zero-order chi connectivity index (χ0) is 21.2. The van der Waals surface area contributed by atoms with Crippen LogP contribution in [0.1, 0.15) is 52.5 Å². The number of ether oxygens (including phenoxy) is 2. The first-order valence-corrected chi connectivity index (χ1v) is 9.35. The summed E-state index contributed by atoms with van der Waals surface area (Å²) in [7, 11) is 0. The topological polar surface area (TPSA) is 89.9 Å². The van der Waals surface area contributed by atoms with Gasteiger partial charge in [0, 0.05) is 12.3 Å². The Morgan fingerprint density at radius 2 is 1.71 bits per heavy atom. The molecule has 0 heterocycles. The van der Waals surface area contributed by atoms with Crippen molar-refractivity contribution in [3.63, 3.8) is 0 Å². The molecular formula is C21H27FO6. The minimum atomic E-state index is -1.76. The lowest BCUT2D eigenvalue weighted by Crippen LogP contribution is -2.55. The lowest BCUT2D eigenvalue weighted by molar-refractivity contribution is -0.176. The molecule has 7 heteroatoms. The number of carbonyl (C=O) groups excluding carboxylic acids is 3. The molecule has 0 bridgehead atoms. The third kappa shape index (κ3) is 4.76. The summed E-state index contributed by atoms with van der Waals surface area (Å²) >= 11 is 0. The average molecular weight is 394 g/mol. The molecule has 0 unspecified atom stereocenters. The van der Waals surface area contributed by atoms with E-state index in [1.54, 1.807) is 27.7 Å². The van der Waals surface area contributed by atoms with Crippen LogP contribution in [0.25, 0.3) is 0 Å². The van der Waals surface area contributed by atoms with Crippen LogP contribution in [-0.2, 0) is 23.9 Å². The molecule has 1 aliphatic carbocycles. The van der Waals surface area contributed by atoms with E-state index in [2.05, 4.69) is 0 Å². The number of Topliss-reactive ketones (excluding diaryl/α,β-unsaturated/α-hetero) is 1. The number of carbonyl (C=O) groups is 3. The molecule has 2 rings (SSSR count). The molecule has 1 N–H and O–H groups in total. The van der Waals surface area contributed by atoms with Gasteiger partial charge in [-0.1, -0.05) is 12.1 Å². The smallest absolute Gasteiger partial charge is 0.317 e. The summed E-state index contributed by atoms with van der Waals surface area (Å²) in [5.41, 5.74) is -1.50. The Hall–Kier alpha value is -2.28. The molecule has 1 aliphatic rings. The van der Waals surface area contributed by atoms with E-state index in [0.717, 1.165) is 6.07 Å². The van der Waals surface area contributed by atoms with Crippen molar-refractivity contribution >= 4 is 17.7 Å². The van der Waals surface area contributed by atoms with Gasteiger partial charge < -0.3 is 14.6 Å². The zero-order valence-corrected chi connectivity index (χ0v) is 16.8. The largest absolute Gasteiger partial charge is 0.463 e. The fraction of sp³-hybridized carbons (Fsp3) is 0.571. The molecule has 6 nitrogen and oxygen atoms in total. The van der Waals surface area contributed by atoms with Crippen LogP contribution in [0.15, 0.2) is 24.3 Å². The maximum Gasteiger partial charge on any atom is 0.317 e. The lowest BCUT2D eigenvalue weighted by atomic mass is 9.61. The van der Waals surface area contributed by atoms with Gasteiger partial charge in [0.1, 0.15) is 11.7 Å². The van der Waals surface area contributed by atoms with Crippen LogP contribution in [-0.4, -0.2) is 40.6 Å². The van der Waals surface area contributed by atoms with Gasteiger partial charge in [-0.2, -0.15) is 0 Å². The van der Waals surface area contributed by atoms with Crippen molar-refractivity contribution in [2.45, 2.75) is 64.8 Å². The summed E-state index contributed by atoms with van der Waals surface area (Å²) in [5.74, 6) is -6.37.